The fourth-order valence-electron chi connectivity index (χ4n) is 3.34. The molecule has 1 saturated heterocycles. The summed E-state index contributed by atoms with van der Waals surface area (Å²) in [6.45, 7) is 8.32. The number of nitrogens with zero attached hydrogens (tertiary/aromatic N) is 1. The first kappa shape index (κ1) is 16.5. The molecule has 0 aliphatic carbocycles. The molecular weight excluding hydrogens is 256 g/mol. The van der Waals surface area contributed by atoms with Gasteiger partial charge in [-0.3, -0.25) is 4.90 Å². The number of hydrogen-bond acceptors (Lipinski definition) is 2. The summed E-state index contributed by atoms with van der Waals surface area (Å²) in [7, 11) is 0. The van der Waals surface area contributed by atoms with Gasteiger partial charge in [0.25, 0.3) is 0 Å². The van der Waals surface area contributed by atoms with Crippen LogP contribution in [-0.2, 0) is 6.42 Å². The lowest BCUT2D eigenvalue weighted by Gasteiger charge is -2.30. The Morgan fingerprint density at radius 3 is 2.81 bits per heavy atom. The number of rotatable bonds is 7. The van der Waals surface area contributed by atoms with Crippen molar-refractivity contribution in [3.63, 3.8) is 0 Å². The van der Waals surface area contributed by atoms with E-state index in [4.69, 9.17) is 0 Å². The van der Waals surface area contributed by atoms with Crippen LogP contribution in [0.15, 0.2) is 30.3 Å². The van der Waals surface area contributed by atoms with Gasteiger partial charge in [-0.2, -0.15) is 0 Å². The minimum Gasteiger partial charge on any atom is -0.312 e. The van der Waals surface area contributed by atoms with Gasteiger partial charge in [0.15, 0.2) is 0 Å². The normalized spacial score (nSPS) is 21.9. The van der Waals surface area contributed by atoms with Crippen LogP contribution >= 0.6 is 0 Å². The lowest BCUT2D eigenvalue weighted by Crippen LogP contribution is -2.42. The highest BCUT2D eigenvalue weighted by Crippen LogP contribution is 2.14. The summed E-state index contributed by atoms with van der Waals surface area (Å²) in [5, 5.41) is 3.74. The molecular formula is C19H32N2. The highest BCUT2D eigenvalue weighted by Gasteiger charge is 2.21. The first-order chi connectivity index (χ1) is 10.3. The van der Waals surface area contributed by atoms with E-state index in [0.29, 0.717) is 6.04 Å². The first-order valence-corrected chi connectivity index (χ1v) is 8.81. The highest BCUT2D eigenvalue weighted by atomic mass is 15.2. The first-order valence-electron chi connectivity index (χ1n) is 8.81. The molecule has 1 aliphatic rings. The third kappa shape index (κ3) is 5.80. The smallest absolute Gasteiger partial charge is 0.0235 e. The molecule has 0 spiro atoms. The minimum absolute atomic E-state index is 0.600. The summed E-state index contributed by atoms with van der Waals surface area (Å²) in [5.41, 5.74) is 1.45. The Morgan fingerprint density at radius 1 is 1.24 bits per heavy atom. The zero-order chi connectivity index (χ0) is 14.9. The number of nitrogens with one attached hydrogen (secondary N) is 1. The van der Waals surface area contributed by atoms with E-state index in [1.54, 1.807) is 0 Å². The van der Waals surface area contributed by atoms with Gasteiger partial charge in [0.2, 0.25) is 0 Å². The van der Waals surface area contributed by atoms with Crippen molar-refractivity contribution in [3.05, 3.63) is 35.9 Å². The molecule has 2 unspecified atom stereocenters. The molecule has 21 heavy (non-hydrogen) atoms. The molecule has 1 heterocycles. The van der Waals surface area contributed by atoms with Crippen molar-refractivity contribution in [2.45, 2.75) is 64.5 Å². The maximum atomic E-state index is 3.74. The second-order valence-electron chi connectivity index (χ2n) is 6.53. The molecule has 1 aromatic carbocycles. The predicted molar refractivity (Wildman–Crippen MR) is 91.7 cm³/mol. The van der Waals surface area contributed by atoms with Crippen molar-refractivity contribution in [2.75, 3.05) is 19.6 Å². The van der Waals surface area contributed by atoms with Gasteiger partial charge >= 0.3 is 0 Å². The van der Waals surface area contributed by atoms with Gasteiger partial charge in [0.05, 0.1) is 0 Å². The van der Waals surface area contributed by atoms with E-state index in [9.17, 15) is 0 Å². The molecule has 1 fully saturated rings. The van der Waals surface area contributed by atoms with Gasteiger partial charge in [0, 0.05) is 18.6 Å². The lowest BCUT2D eigenvalue weighted by molar-refractivity contribution is 0.192. The molecule has 1 aliphatic heterocycles. The maximum Gasteiger partial charge on any atom is 0.0235 e. The van der Waals surface area contributed by atoms with Crippen LogP contribution in [0.1, 0.15) is 51.5 Å². The Labute approximate surface area is 130 Å². The number of hydrogen-bond donors (Lipinski definition) is 1. The van der Waals surface area contributed by atoms with E-state index in [1.165, 1.54) is 50.8 Å². The minimum atomic E-state index is 0.600. The van der Waals surface area contributed by atoms with Gasteiger partial charge in [-0.15, -0.1) is 0 Å². The monoisotopic (exact) mass is 288 g/mol. The van der Waals surface area contributed by atoms with Crippen LogP contribution in [-0.4, -0.2) is 36.6 Å². The van der Waals surface area contributed by atoms with Gasteiger partial charge < -0.3 is 5.32 Å². The topological polar surface area (TPSA) is 15.3 Å². The zero-order valence-electron chi connectivity index (χ0n) is 13.9. The van der Waals surface area contributed by atoms with Crippen molar-refractivity contribution in [3.8, 4) is 0 Å². The Kier molecular flexibility index (Phi) is 7.25. The van der Waals surface area contributed by atoms with Crippen molar-refractivity contribution in [1.29, 1.82) is 0 Å². The maximum absolute atomic E-state index is 3.74. The van der Waals surface area contributed by atoms with E-state index in [-0.39, 0.29) is 0 Å². The number of unbranched alkanes of at least 4 members (excludes halogenated alkanes) is 2. The molecule has 0 amide bonds. The molecule has 2 nitrogen and oxygen atoms in total. The molecule has 2 atom stereocenters. The van der Waals surface area contributed by atoms with Crippen LogP contribution in [0.4, 0.5) is 0 Å². The largest absolute Gasteiger partial charge is 0.312 e. The van der Waals surface area contributed by atoms with E-state index in [1.807, 2.05) is 0 Å². The summed E-state index contributed by atoms with van der Waals surface area (Å²) < 4.78 is 0. The predicted octanol–water partition coefficient (Wildman–Crippen LogP) is 3.86. The third-order valence-corrected chi connectivity index (χ3v) is 4.68. The fraction of sp³-hybridized carbons (Fsp3) is 0.684. The third-order valence-electron chi connectivity index (χ3n) is 4.68. The summed E-state index contributed by atoms with van der Waals surface area (Å²) in [4.78, 5) is 2.71. The van der Waals surface area contributed by atoms with Crippen LogP contribution in [0.2, 0.25) is 0 Å². The van der Waals surface area contributed by atoms with Crippen LogP contribution in [0.3, 0.4) is 0 Å². The highest BCUT2D eigenvalue weighted by molar-refractivity contribution is 5.16. The van der Waals surface area contributed by atoms with Gasteiger partial charge in [-0.25, -0.2) is 0 Å². The summed E-state index contributed by atoms with van der Waals surface area (Å²) in [5.74, 6) is 0. The Morgan fingerprint density at radius 2 is 2.05 bits per heavy atom. The van der Waals surface area contributed by atoms with Gasteiger partial charge in [0.1, 0.15) is 0 Å². The molecule has 1 N–H and O–H groups in total. The summed E-state index contributed by atoms with van der Waals surface area (Å²) in [6, 6.07) is 12.2. The Hall–Kier alpha value is -0.860. The molecule has 0 aromatic heterocycles. The van der Waals surface area contributed by atoms with Crippen molar-refractivity contribution < 1.29 is 0 Å². The molecule has 0 bridgehead atoms. The van der Waals surface area contributed by atoms with Crippen LogP contribution in [0.5, 0.6) is 0 Å². The SMILES string of the molecule is CCCCCC(C)N1CCCNC(Cc2ccccc2)C1. The van der Waals surface area contributed by atoms with E-state index in [2.05, 4.69) is 54.4 Å². The van der Waals surface area contributed by atoms with Crippen molar-refractivity contribution in [1.82, 2.24) is 10.2 Å². The van der Waals surface area contributed by atoms with Gasteiger partial charge in [-0.05, 0) is 44.8 Å². The van der Waals surface area contributed by atoms with Crippen LogP contribution < -0.4 is 5.32 Å². The second-order valence-corrected chi connectivity index (χ2v) is 6.53. The van der Waals surface area contributed by atoms with Crippen molar-refractivity contribution in [2.24, 2.45) is 0 Å². The fourth-order valence-corrected chi connectivity index (χ4v) is 3.34. The number of benzene rings is 1. The summed E-state index contributed by atoms with van der Waals surface area (Å²) >= 11 is 0. The molecule has 2 rings (SSSR count). The van der Waals surface area contributed by atoms with E-state index >= 15 is 0 Å². The Balaban J connectivity index is 1.85. The Bertz CT molecular complexity index is 376. The molecule has 0 radical (unpaired) electrons. The molecule has 1 aromatic rings. The summed E-state index contributed by atoms with van der Waals surface area (Å²) in [6.07, 6.45) is 7.87. The quantitative estimate of drug-likeness (QED) is 0.766. The average molecular weight is 288 g/mol. The zero-order valence-corrected chi connectivity index (χ0v) is 13.9. The average Bonchev–Trinajstić information content (AvgIpc) is 2.74. The van der Waals surface area contributed by atoms with Gasteiger partial charge in [-0.1, -0.05) is 56.5 Å². The second kappa shape index (κ2) is 9.22. The molecule has 0 saturated carbocycles. The van der Waals surface area contributed by atoms with E-state index in [0.717, 1.165) is 19.0 Å². The van der Waals surface area contributed by atoms with Crippen molar-refractivity contribution >= 4 is 0 Å². The standard InChI is InChI=1S/C19H32N2/c1-3-4-6-10-17(2)21-14-9-13-20-19(16-21)15-18-11-7-5-8-12-18/h5,7-8,11-12,17,19-20H,3-4,6,9-10,13-16H2,1-2H3. The molecule has 118 valence electrons. The molecule has 2 heteroatoms. The lowest BCUT2D eigenvalue weighted by atomic mass is 10.0. The van der Waals surface area contributed by atoms with Crippen LogP contribution in [0.25, 0.3) is 0 Å². The van der Waals surface area contributed by atoms with E-state index < -0.39 is 0 Å². The van der Waals surface area contributed by atoms with Crippen LogP contribution in [0, 0.1) is 0 Å².